The lowest BCUT2D eigenvalue weighted by atomic mass is 10.1. The maximum absolute atomic E-state index is 8.92. The lowest BCUT2D eigenvalue weighted by molar-refractivity contribution is 0.00727. The number of oxime groups is 1. The molecule has 0 aromatic heterocycles. The second kappa shape index (κ2) is 6.43. The highest BCUT2D eigenvalue weighted by Crippen LogP contribution is 2.27. The third-order valence-corrected chi connectivity index (χ3v) is 3.14. The van der Waals surface area contributed by atoms with Crippen molar-refractivity contribution < 1.29 is 19.4 Å². The van der Waals surface area contributed by atoms with E-state index < -0.39 is 0 Å². The van der Waals surface area contributed by atoms with Crippen molar-refractivity contribution in [2.45, 2.75) is 25.9 Å². The Hall–Kier alpha value is -1.75. The topological polar surface area (TPSA) is 60.3 Å². The highest BCUT2D eigenvalue weighted by Gasteiger charge is 2.18. The summed E-state index contributed by atoms with van der Waals surface area (Å²) in [6, 6.07) is 5.44. The molecule has 1 N–H and O–H groups in total. The number of rotatable bonds is 4. The van der Waals surface area contributed by atoms with Crippen molar-refractivity contribution in [1.82, 2.24) is 0 Å². The molecule has 0 radical (unpaired) electrons. The largest absolute Gasteiger partial charge is 0.497 e. The van der Waals surface area contributed by atoms with Crippen LogP contribution in [0, 0.1) is 0 Å². The Morgan fingerprint density at radius 2 is 2.32 bits per heavy atom. The first kappa shape index (κ1) is 13.7. The van der Waals surface area contributed by atoms with Gasteiger partial charge >= 0.3 is 0 Å². The van der Waals surface area contributed by atoms with Gasteiger partial charge in [-0.2, -0.15) is 0 Å². The summed E-state index contributed by atoms with van der Waals surface area (Å²) >= 11 is 0. The van der Waals surface area contributed by atoms with Crippen molar-refractivity contribution in [3.8, 4) is 11.5 Å². The summed E-state index contributed by atoms with van der Waals surface area (Å²) in [5.74, 6) is 1.37. The van der Waals surface area contributed by atoms with Crippen LogP contribution in [-0.2, 0) is 4.74 Å². The summed E-state index contributed by atoms with van der Waals surface area (Å²) in [4.78, 5) is 0. The second-order valence-electron chi connectivity index (χ2n) is 4.50. The van der Waals surface area contributed by atoms with Crippen LogP contribution in [0.25, 0.3) is 0 Å². The second-order valence-corrected chi connectivity index (χ2v) is 4.50. The molecule has 1 unspecified atom stereocenters. The van der Waals surface area contributed by atoms with E-state index in [4.69, 9.17) is 19.4 Å². The Kier molecular flexibility index (Phi) is 4.63. The molecule has 2 rings (SSSR count). The number of methoxy groups -OCH3 is 1. The Labute approximate surface area is 112 Å². The average molecular weight is 265 g/mol. The molecule has 1 aliphatic heterocycles. The fraction of sp³-hybridized carbons (Fsp3) is 0.500. The predicted octanol–water partition coefficient (Wildman–Crippen LogP) is 2.45. The third kappa shape index (κ3) is 3.38. The third-order valence-electron chi connectivity index (χ3n) is 3.14. The molecule has 0 spiro atoms. The van der Waals surface area contributed by atoms with Gasteiger partial charge in [0.1, 0.15) is 17.6 Å². The summed E-state index contributed by atoms with van der Waals surface area (Å²) in [6.45, 7) is 3.11. The van der Waals surface area contributed by atoms with Gasteiger partial charge in [0.05, 0.1) is 19.4 Å². The van der Waals surface area contributed by atoms with Gasteiger partial charge in [0.2, 0.25) is 0 Å². The van der Waals surface area contributed by atoms with E-state index in [0.29, 0.717) is 23.8 Å². The van der Waals surface area contributed by atoms with Crippen LogP contribution in [0.15, 0.2) is 23.4 Å². The van der Waals surface area contributed by atoms with E-state index in [-0.39, 0.29) is 6.10 Å². The van der Waals surface area contributed by atoms with Crippen LogP contribution in [0.5, 0.6) is 11.5 Å². The number of ether oxygens (including phenoxy) is 3. The molecule has 104 valence electrons. The molecule has 5 heteroatoms. The Morgan fingerprint density at radius 1 is 1.47 bits per heavy atom. The van der Waals surface area contributed by atoms with Crippen LogP contribution < -0.4 is 9.47 Å². The van der Waals surface area contributed by atoms with E-state index in [1.807, 2.05) is 12.1 Å². The van der Waals surface area contributed by atoms with Gasteiger partial charge in [0.15, 0.2) is 0 Å². The van der Waals surface area contributed by atoms with Gasteiger partial charge in [-0.1, -0.05) is 5.16 Å². The van der Waals surface area contributed by atoms with Crippen molar-refractivity contribution in [2.75, 3.05) is 20.3 Å². The SMILES string of the molecule is COc1ccc(/C(C)=N/O)c(OC2CCCOC2)c1. The van der Waals surface area contributed by atoms with E-state index in [1.54, 1.807) is 20.1 Å². The standard InChI is InChI=1S/C14H19NO4/c1-10(15-16)13-6-5-11(17-2)8-14(13)19-12-4-3-7-18-9-12/h5-6,8,12,16H,3-4,7,9H2,1-2H3/b15-10+. The van der Waals surface area contributed by atoms with E-state index in [1.165, 1.54) is 0 Å². The van der Waals surface area contributed by atoms with Crippen LogP contribution >= 0.6 is 0 Å². The zero-order chi connectivity index (χ0) is 13.7. The molecule has 19 heavy (non-hydrogen) atoms. The van der Waals surface area contributed by atoms with Crippen LogP contribution in [0.3, 0.4) is 0 Å². The Balaban J connectivity index is 2.24. The highest BCUT2D eigenvalue weighted by atomic mass is 16.5. The first-order chi connectivity index (χ1) is 9.24. The van der Waals surface area contributed by atoms with Crippen molar-refractivity contribution in [2.24, 2.45) is 5.16 Å². The summed E-state index contributed by atoms with van der Waals surface area (Å²) < 4.78 is 16.6. The van der Waals surface area contributed by atoms with Gasteiger partial charge in [-0.15, -0.1) is 0 Å². The van der Waals surface area contributed by atoms with Crippen LogP contribution in [0.1, 0.15) is 25.3 Å². The number of nitrogens with zero attached hydrogens (tertiary/aromatic N) is 1. The molecule has 0 amide bonds. The first-order valence-corrected chi connectivity index (χ1v) is 6.36. The molecule has 5 nitrogen and oxygen atoms in total. The molecule has 1 aromatic carbocycles. The van der Waals surface area contributed by atoms with Crippen LogP contribution in [0.2, 0.25) is 0 Å². The molecule has 1 aromatic rings. The number of hydrogen-bond donors (Lipinski definition) is 1. The number of benzene rings is 1. The molecular weight excluding hydrogens is 246 g/mol. The highest BCUT2D eigenvalue weighted by molar-refractivity contribution is 6.00. The molecule has 1 aliphatic rings. The lowest BCUT2D eigenvalue weighted by Crippen LogP contribution is -2.28. The smallest absolute Gasteiger partial charge is 0.132 e. The molecule has 0 aliphatic carbocycles. The molecule has 1 fully saturated rings. The van der Waals surface area contributed by atoms with Gasteiger partial charge in [0.25, 0.3) is 0 Å². The summed E-state index contributed by atoms with van der Waals surface area (Å²) in [5, 5.41) is 12.2. The average Bonchev–Trinajstić information content (AvgIpc) is 2.47. The number of hydrogen-bond acceptors (Lipinski definition) is 5. The molecule has 0 bridgehead atoms. The van der Waals surface area contributed by atoms with E-state index >= 15 is 0 Å². The van der Waals surface area contributed by atoms with Crippen molar-refractivity contribution in [3.63, 3.8) is 0 Å². The van der Waals surface area contributed by atoms with Gasteiger partial charge in [0, 0.05) is 18.2 Å². The van der Waals surface area contributed by atoms with Crippen molar-refractivity contribution >= 4 is 5.71 Å². The molecule has 1 atom stereocenters. The van der Waals surface area contributed by atoms with Gasteiger partial charge in [-0.3, -0.25) is 0 Å². The molecule has 0 saturated carbocycles. The fourth-order valence-electron chi connectivity index (χ4n) is 2.06. The minimum Gasteiger partial charge on any atom is -0.497 e. The Morgan fingerprint density at radius 3 is 2.95 bits per heavy atom. The summed E-state index contributed by atoms with van der Waals surface area (Å²) in [7, 11) is 1.61. The quantitative estimate of drug-likeness (QED) is 0.516. The minimum atomic E-state index is 0.0334. The fourth-order valence-corrected chi connectivity index (χ4v) is 2.06. The van der Waals surface area contributed by atoms with Crippen molar-refractivity contribution in [3.05, 3.63) is 23.8 Å². The monoisotopic (exact) mass is 265 g/mol. The molecule has 1 saturated heterocycles. The van der Waals surface area contributed by atoms with Gasteiger partial charge in [-0.25, -0.2) is 0 Å². The minimum absolute atomic E-state index is 0.0334. The summed E-state index contributed by atoms with van der Waals surface area (Å²) in [6.07, 6.45) is 1.99. The lowest BCUT2D eigenvalue weighted by Gasteiger charge is -2.24. The van der Waals surface area contributed by atoms with Gasteiger partial charge in [-0.05, 0) is 31.9 Å². The first-order valence-electron chi connectivity index (χ1n) is 6.36. The zero-order valence-corrected chi connectivity index (χ0v) is 11.3. The summed E-state index contributed by atoms with van der Waals surface area (Å²) in [5.41, 5.74) is 1.27. The van der Waals surface area contributed by atoms with Crippen LogP contribution in [0.4, 0.5) is 0 Å². The van der Waals surface area contributed by atoms with E-state index in [0.717, 1.165) is 25.0 Å². The normalized spacial score (nSPS) is 20.1. The Bertz CT molecular complexity index is 453. The van der Waals surface area contributed by atoms with E-state index in [2.05, 4.69) is 5.16 Å². The predicted molar refractivity (Wildman–Crippen MR) is 71.5 cm³/mol. The van der Waals surface area contributed by atoms with Gasteiger partial charge < -0.3 is 19.4 Å². The maximum atomic E-state index is 8.92. The zero-order valence-electron chi connectivity index (χ0n) is 11.3. The molecular formula is C14H19NO4. The van der Waals surface area contributed by atoms with Crippen LogP contribution in [-0.4, -0.2) is 37.3 Å². The molecule has 1 heterocycles. The maximum Gasteiger partial charge on any atom is 0.132 e. The van der Waals surface area contributed by atoms with Crippen molar-refractivity contribution in [1.29, 1.82) is 0 Å². The van der Waals surface area contributed by atoms with E-state index in [9.17, 15) is 0 Å².